The van der Waals surface area contributed by atoms with Gasteiger partial charge in [0.1, 0.15) is 0 Å². The van der Waals surface area contributed by atoms with Gasteiger partial charge in [0.2, 0.25) is 21.8 Å². The van der Waals surface area contributed by atoms with Crippen LogP contribution in [0.25, 0.3) is 0 Å². The molecule has 3 saturated heterocycles. The molecule has 29 heavy (non-hydrogen) atoms. The average molecular weight is 420 g/mol. The molecule has 3 fully saturated rings. The minimum absolute atomic E-state index is 0.0221. The van der Waals surface area contributed by atoms with Crippen LogP contribution in [0.4, 0.5) is 0 Å². The number of hydrogen-bond donors (Lipinski definition) is 0. The molecule has 1 aromatic rings. The SMILES string of the molecule is CC(C)[C@H]1C(=O)N(S(C)(=O)=O)[C@H]2CCN(C(=O)C3CN(Cc4ccccc4)C3)[C@H]12. The molecule has 0 radical (unpaired) electrons. The number of benzene rings is 1. The fraction of sp³-hybridized carbons (Fsp3) is 0.619. The van der Waals surface area contributed by atoms with E-state index in [-0.39, 0.29) is 29.7 Å². The van der Waals surface area contributed by atoms with E-state index in [1.54, 1.807) is 0 Å². The van der Waals surface area contributed by atoms with Crippen molar-refractivity contribution in [2.24, 2.45) is 17.8 Å². The largest absolute Gasteiger partial charge is 0.336 e. The third-order valence-electron chi connectivity index (χ3n) is 6.51. The molecule has 8 heteroatoms. The molecule has 3 heterocycles. The number of amides is 2. The van der Waals surface area contributed by atoms with Crippen LogP contribution < -0.4 is 0 Å². The fourth-order valence-corrected chi connectivity index (χ4v) is 6.39. The van der Waals surface area contributed by atoms with Crippen LogP contribution in [0.15, 0.2) is 30.3 Å². The molecule has 4 rings (SSSR count). The van der Waals surface area contributed by atoms with E-state index in [0.29, 0.717) is 26.1 Å². The smallest absolute Gasteiger partial charge is 0.241 e. The van der Waals surface area contributed by atoms with Crippen LogP contribution in [-0.2, 0) is 26.2 Å². The summed E-state index contributed by atoms with van der Waals surface area (Å²) >= 11 is 0. The summed E-state index contributed by atoms with van der Waals surface area (Å²) in [4.78, 5) is 30.2. The van der Waals surface area contributed by atoms with Gasteiger partial charge in [-0.25, -0.2) is 12.7 Å². The topological polar surface area (TPSA) is 78.0 Å². The van der Waals surface area contributed by atoms with Crippen molar-refractivity contribution in [2.75, 3.05) is 25.9 Å². The molecule has 2 amide bonds. The normalized spacial score (nSPS) is 28.1. The molecule has 3 atom stereocenters. The minimum Gasteiger partial charge on any atom is -0.336 e. The Morgan fingerprint density at radius 1 is 1.17 bits per heavy atom. The van der Waals surface area contributed by atoms with Crippen molar-refractivity contribution in [1.82, 2.24) is 14.1 Å². The molecule has 0 saturated carbocycles. The Morgan fingerprint density at radius 3 is 2.41 bits per heavy atom. The first-order chi connectivity index (χ1) is 13.7. The van der Waals surface area contributed by atoms with Crippen molar-refractivity contribution in [3.05, 3.63) is 35.9 Å². The van der Waals surface area contributed by atoms with Crippen LogP contribution in [0, 0.1) is 17.8 Å². The van der Waals surface area contributed by atoms with Gasteiger partial charge in [-0.05, 0) is 17.9 Å². The maximum absolute atomic E-state index is 13.2. The van der Waals surface area contributed by atoms with Crippen LogP contribution in [0.2, 0.25) is 0 Å². The Bertz CT molecular complexity index is 896. The zero-order valence-electron chi connectivity index (χ0n) is 17.2. The van der Waals surface area contributed by atoms with Gasteiger partial charge in [0, 0.05) is 26.2 Å². The summed E-state index contributed by atoms with van der Waals surface area (Å²) in [5, 5.41) is 0. The van der Waals surface area contributed by atoms with E-state index in [2.05, 4.69) is 17.0 Å². The lowest BCUT2D eigenvalue weighted by Gasteiger charge is -2.41. The van der Waals surface area contributed by atoms with Crippen LogP contribution in [-0.4, -0.2) is 72.3 Å². The van der Waals surface area contributed by atoms with Gasteiger partial charge in [-0.15, -0.1) is 0 Å². The molecule has 0 spiro atoms. The van der Waals surface area contributed by atoms with Crippen molar-refractivity contribution in [1.29, 1.82) is 0 Å². The summed E-state index contributed by atoms with van der Waals surface area (Å²) in [6.45, 7) is 6.61. The molecule has 0 bridgehead atoms. The van der Waals surface area contributed by atoms with Crippen molar-refractivity contribution in [2.45, 2.75) is 38.9 Å². The number of nitrogens with zero attached hydrogens (tertiary/aromatic N) is 3. The molecule has 1 aromatic carbocycles. The van der Waals surface area contributed by atoms with Gasteiger partial charge in [-0.3, -0.25) is 14.5 Å². The highest BCUT2D eigenvalue weighted by molar-refractivity contribution is 7.88. The maximum atomic E-state index is 13.2. The van der Waals surface area contributed by atoms with Gasteiger partial charge in [-0.1, -0.05) is 44.2 Å². The monoisotopic (exact) mass is 419 g/mol. The molecular weight excluding hydrogens is 390 g/mol. The Morgan fingerprint density at radius 2 is 1.83 bits per heavy atom. The number of rotatable bonds is 5. The highest BCUT2D eigenvalue weighted by atomic mass is 32.2. The molecule has 0 aliphatic carbocycles. The maximum Gasteiger partial charge on any atom is 0.241 e. The van der Waals surface area contributed by atoms with E-state index in [0.717, 1.165) is 17.1 Å². The van der Waals surface area contributed by atoms with E-state index in [1.807, 2.05) is 36.9 Å². The Kier molecular flexibility index (Phi) is 5.19. The number of carbonyl (C=O) groups is 2. The zero-order valence-corrected chi connectivity index (χ0v) is 18.0. The van der Waals surface area contributed by atoms with Crippen molar-refractivity contribution >= 4 is 21.8 Å². The number of fused-ring (bicyclic) bond motifs is 1. The molecule has 158 valence electrons. The van der Waals surface area contributed by atoms with Gasteiger partial charge in [0.05, 0.1) is 30.2 Å². The summed E-state index contributed by atoms with van der Waals surface area (Å²) in [7, 11) is -3.64. The number of likely N-dealkylation sites (tertiary alicyclic amines) is 2. The molecular formula is C21H29N3O4S. The summed E-state index contributed by atoms with van der Waals surface area (Å²) in [5.41, 5.74) is 1.23. The van der Waals surface area contributed by atoms with Crippen molar-refractivity contribution in [3.63, 3.8) is 0 Å². The molecule has 3 aliphatic heterocycles. The van der Waals surface area contributed by atoms with E-state index in [1.165, 1.54) is 5.56 Å². The standard InChI is InChI=1S/C21H29N3O4S/c1-14(2)18-19-17(24(21(18)26)29(3,27)28)9-10-23(19)20(25)16-12-22(13-16)11-15-7-5-4-6-8-15/h4-8,14,16-19H,9-13H2,1-3H3/t17-,18+,19-/m0/s1. The second-order valence-electron chi connectivity index (χ2n) is 8.92. The van der Waals surface area contributed by atoms with Crippen LogP contribution >= 0.6 is 0 Å². The summed E-state index contributed by atoms with van der Waals surface area (Å²) in [6, 6.07) is 9.41. The Balaban J connectivity index is 1.46. The highest BCUT2D eigenvalue weighted by Gasteiger charge is 2.59. The lowest BCUT2D eigenvalue weighted by atomic mass is 9.87. The molecule has 7 nitrogen and oxygen atoms in total. The lowest BCUT2D eigenvalue weighted by molar-refractivity contribution is -0.143. The summed E-state index contributed by atoms with van der Waals surface area (Å²) < 4.78 is 25.5. The van der Waals surface area contributed by atoms with Crippen LogP contribution in [0.3, 0.4) is 0 Å². The third kappa shape index (κ3) is 3.57. The third-order valence-corrected chi connectivity index (χ3v) is 7.67. The molecule has 3 aliphatic rings. The first kappa shape index (κ1) is 20.3. The van der Waals surface area contributed by atoms with Crippen LogP contribution in [0.5, 0.6) is 0 Å². The first-order valence-electron chi connectivity index (χ1n) is 10.3. The summed E-state index contributed by atoms with van der Waals surface area (Å²) in [5.74, 6) is -0.842. The Labute approximate surface area is 172 Å². The first-order valence-corrected chi connectivity index (χ1v) is 12.1. The average Bonchev–Trinajstić information content (AvgIpc) is 3.13. The fourth-order valence-electron chi connectivity index (χ4n) is 5.22. The number of hydrogen-bond acceptors (Lipinski definition) is 5. The lowest BCUT2D eigenvalue weighted by Crippen LogP contribution is -2.56. The molecule has 0 N–H and O–H groups in total. The number of carbonyl (C=O) groups excluding carboxylic acids is 2. The van der Waals surface area contributed by atoms with Gasteiger partial charge in [-0.2, -0.15) is 0 Å². The molecule has 0 unspecified atom stereocenters. The van der Waals surface area contributed by atoms with Crippen molar-refractivity contribution < 1.29 is 18.0 Å². The van der Waals surface area contributed by atoms with Gasteiger partial charge < -0.3 is 4.90 Å². The van der Waals surface area contributed by atoms with Gasteiger partial charge >= 0.3 is 0 Å². The van der Waals surface area contributed by atoms with Crippen LogP contribution in [0.1, 0.15) is 25.8 Å². The Hall–Kier alpha value is -1.93. The van der Waals surface area contributed by atoms with Gasteiger partial charge in [0.15, 0.2) is 0 Å². The second kappa shape index (κ2) is 7.40. The van der Waals surface area contributed by atoms with E-state index >= 15 is 0 Å². The number of sulfonamides is 1. The van der Waals surface area contributed by atoms with E-state index in [9.17, 15) is 18.0 Å². The quantitative estimate of drug-likeness (QED) is 0.716. The second-order valence-corrected chi connectivity index (χ2v) is 10.8. The highest BCUT2D eigenvalue weighted by Crippen LogP contribution is 2.42. The summed E-state index contributed by atoms with van der Waals surface area (Å²) in [6.07, 6.45) is 1.61. The minimum atomic E-state index is -3.64. The van der Waals surface area contributed by atoms with E-state index < -0.39 is 22.0 Å². The van der Waals surface area contributed by atoms with Crippen molar-refractivity contribution in [3.8, 4) is 0 Å². The van der Waals surface area contributed by atoms with Gasteiger partial charge in [0.25, 0.3) is 0 Å². The van der Waals surface area contributed by atoms with E-state index in [4.69, 9.17) is 0 Å². The predicted molar refractivity (Wildman–Crippen MR) is 109 cm³/mol. The predicted octanol–water partition coefficient (Wildman–Crippen LogP) is 1.16. The zero-order chi connectivity index (χ0) is 20.9. The molecule has 0 aromatic heterocycles.